The van der Waals surface area contributed by atoms with Crippen LogP contribution in [-0.2, 0) is 4.79 Å². The standard InChI is InChI=1S/C13H14N4O/c14-7-10-1-3-12(15-8-10)16-5-6-17-11(9-16)2-4-13(17)18/h1,3,8,11H,2,4-6,9H2. The molecule has 5 nitrogen and oxygen atoms in total. The van der Waals surface area contributed by atoms with E-state index in [0.717, 1.165) is 31.9 Å². The number of pyridine rings is 1. The maximum Gasteiger partial charge on any atom is 0.223 e. The zero-order chi connectivity index (χ0) is 12.5. The van der Waals surface area contributed by atoms with Gasteiger partial charge < -0.3 is 9.80 Å². The minimum Gasteiger partial charge on any atom is -0.353 e. The molecule has 2 fully saturated rings. The summed E-state index contributed by atoms with van der Waals surface area (Å²) in [6.07, 6.45) is 3.23. The number of aromatic nitrogens is 1. The second-order valence-electron chi connectivity index (χ2n) is 4.74. The fourth-order valence-corrected chi connectivity index (χ4v) is 2.71. The van der Waals surface area contributed by atoms with Gasteiger partial charge in [-0.1, -0.05) is 0 Å². The second-order valence-corrected chi connectivity index (χ2v) is 4.74. The molecule has 2 saturated heterocycles. The van der Waals surface area contributed by atoms with E-state index in [1.807, 2.05) is 11.0 Å². The normalized spacial score (nSPS) is 22.8. The molecule has 5 heteroatoms. The van der Waals surface area contributed by atoms with Gasteiger partial charge in [0.05, 0.1) is 5.56 Å². The summed E-state index contributed by atoms with van der Waals surface area (Å²) in [5, 5.41) is 8.74. The lowest BCUT2D eigenvalue weighted by atomic mass is 10.1. The van der Waals surface area contributed by atoms with Gasteiger partial charge in [-0.2, -0.15) is 5.26 Å². The third-order valence-corrected chi connectivity index (χ3v) is 3.70. The number of fused-ring (bicyclic) bond motifs is 1. The molecule has 1 atom stereocenters. The van der Waals surface area contributed by atoms with Gasteiger partial charge in [0.1, 0.15) is 11.9 Å². The minimum absolute atomic E-state index is 0.285. The van der Waals surface area contributed by atoms with Crippen LogP contribution in [0, 0.1) is 11.3 Å². The van der Waals surface area contributed by atoms with Gasteiger partial charge in [0.2, 0.25) is 5.91 Å². The summed E-state index contributed by atoms with van der Waals surface area (Å²) in [4.78, 5) is 20.1. The molecule has 1 amide bonds. The lowest BCUT2D eigenvalue weighted by molar-refractivity contribution is -0.129. The Balaban J connectivity index is 1.74. The first-order valence-electron chi connectivity index (χ1n) is 6.18. The molecular formula is C13H14N4O. The van der Waals surface area contributed by atoms with Crippen molar-refractivity contribution in [3.63, 3.8) is 0 Å². The molecule has 1 unspecified atom stereocenters. The van der Waals surface area contributed by atoms with Crippen LogP contribution in [0.4, 0.5) is 5.82 Å². The first-order chi connectivity index (χ1) is 8.78. The van der Waals surface area contributed by atoms with Crippen molar-refractivity contribution in [3.8, 4) is 6.07 Å². The Hall–Kier alpha value is -2.09. The predicted molar refractivity (Wildman–Crippen MR) is 65.9 cm³/mol. The molecule has 0 bridgehead atoms. The number of carbonyl (C=O) groups excluding carboxylic acids is 1. The van der Waals surface area contributed by atoms with Crippen LogP contribution in [0.15, 0.2) is 18.3 Å². The van der Waals surface area contributed by atoms with Gasteiger partial charge in [0.25, 0.3) is 0 Å². The van der Waals surface area contributed by atoms with E-state index in [9.17, 15) is 4.79 Å². The Bertz CT molecular complexity index is 505. The molecule has 0 saturated carbocycles. The number of nitrogens with zero attached hydrogens (tertiary/aromatic N) is 4. The number of hydrogen-bond donors (Lipinski definition) is 0. The highest BCUT2D eigenvalue weighted by Crippen LogP contribution is 2.25. The Morgan fingerprint density at radius 2 is 2.28 bits per heavy atom. The maximum atomic E-state index is 11.6. The van der Waals surface area contributed by atoms with E-state index in [1.165, 1.54) is 0 Å². The van der Waals surface area contributed by atoms with E-state index < -0.39 is 0 Å². The lowest BCUT2D eigenvalue weighted by Crippen LogP contribution is -2.51. The minimum atomic E-state index is 0.285. The largest absolute Gasteiger partial charge is 0.353 e. The SMILES string of the molecule is N#Cc1ccc(N2CCN3C(=O)CCC3C2)nc1. The Labute approximate surface area is 106 Å². The van der Waals surface area contributed by atoms with E-state index in [-0.39, 0.29) is 5.91 Å². The van der Waals surface area contributed by atoms with Gasteiger partial charge in [-0.25, -0.2) is 4.98 Å². The highest BCUT2D eigenvalue weighted by molar-refractivity contribution is 5.79. The van der Waals surface area contributed by atoms with Crippen LogP contribution >= 0.6 is 0 Å². The molecule has 0 spiro atoms. The van der Waals surface area contributed by atoms with Crippen molar-refractivity contribution in [2.24, 2.45) is 0 Å². The van der Waals surface area contributed by atoms with Crippen molar-refractivity contribution in [3.05, 3.63) is 23.9 Å². The number of piperazine rings is 1. The number of nitriles is 1. The van der Waals surface area contributed by atoms with E-state index in [1.54, 1.807) is 12.3 Å². The molecule has 92 valence electrons. The Morgan fingerprint density at radius 1 is 1.39 bits per heavy atom. The maximum absolute atomic E-state index is 11.6. The van der Waals surface area contributed by atoms with Gasteiger partial charge in [-0.3, -0.25) is 4.79 Å². The average Bonchev–Trinajstić information content (AvgIpc) is 2.80. The van der Waals surface area contributed by atoms with Crippen LogP contribution in [0.2, 0.25) is 0 Å². The smallest absolute Gasteiger partial charge is 0.223 e. The van der Waals surface area contributed by atoms with Gasteiger partial charge >= 0.3 is 0 Å². The van der Waals surface area contributed by atoms with Crippen LogP contribution in [0.25, 0.3) is 0 Å². The molecule has 2 aliphatic heterocycles. The van der Waals surface area contributed by atoms with Crippen molar-refractivity contribution in [1.29, 1.82) is 5.26 Å². The van der Waals surface area contributed by atoms with Gasteiger partial charge in [0.15, 0.2) is 0 Å². The Kier molecular flexibility index (Phi) is 2.63. The zero-order valence-electron chi connectivity index (χ0n) is 10.0. The number of anilines is 1. The molecule has 18 heavy (non-hydrogen) atoms. The van der Waals surface area contributed by atoms with Crippen LogP contribution < -0.4 is 4.90 Å². The topological polar surface area (TPSA) is 60.2 Å². The molecule has 2 aliphatic rings. The first kappa shape index (κ1) is 11.0. The summed E-state index contributed by atoms with van der Waals surface area (Å²) < 4.78 is 0. The van der Waals surface area contributed by atoms with E-state index in [0.29, 0.717) is 18.0 Å². The van der Waals surface area contributed by atoms with Crippen molar-refractivity contribution < 1.29 is 4.79 Å². The van der Waals surface area contributed by atoms with Crippen molar-refractivity contribution in [1.82, 2.24) is 9.88 Å². The molecule has 3 heterocycles. The highest BCUT2D eigenvalue weighted by atomic mass is 16.2. The molecule has 1 aromatic heterocycles. The monoisotopic (exact) mass is 242 g/mol. The second kappa shape index (κ2) is 4.30. The summed E-state index contributed by atoms with van der Waals surface area (Å²) in [6.45, 7) is 2.46. The quantitative estimate of drug-likeness (QED) is 0.729. The highest BCUT2D eigenvalue weighted by Gasteiger charge is 2.35. The van der Waals surface area contributed by atoms with Crippen LogP contribution in [0.3, 0.4) is 0 Å². The predicted octanol–water partition coefficient (Wildman–Crippen LogP) is 0.764. The average molecular weight is 242 g/mol. The number of rotatable bonds is 1. The molecule has 0 N–H and O–H groups in total. The number of amides is 1. The fraction of sp³-hybridized carbons (Fsp3) is 0.462. The lowest BCUT2D eigenvalue weighted by Gasteiger charge is -2.38. The molecular weight excluding hydrogens is 228 g/mol. The zero-order valence-corrected chi connectivity index (χ0v) is 10.0. The van der Waals surface area contributed by atoms with E-state index in [4.69, 9.17) is 5.26 Å². The van der Waals surface area contributed by atoms with Crippen LogP contribution in [-0.4, -0.2) is 41.5 Å². The molecule has 1 aromatic rings. The number of hydrogen-bond acceptors (Lipinski definition) is 4. The third kappa shape index (κ3) is 1.80. The van der Waals surface area contributed by atoms with E-state index >= 15 is 0 Å². The van der Waals surface area contributed by atoms with Crippen molar-refractivity contribution >= 4 is 11.7 Å². The van der Waals surface area contributed by atoms with Crippen LogP contribution in [0.1, 0.15) is 18.4 Å². The van der Waals surface area contributed by atoms with Gasteiger partial charge in [-0.05, 0) is 18.6 Å². The fourth-order valence-electron chi connectivity index (χ4n) is 2.71. The summed E-state index contributed by atoms with van der Waals surface area (Å²) >= 11 is 0. The third-order valence-electron chi connectivity index (χ3n) is 3.70. The molecule has 3 rings (SSSR count). The molecule has 0 radical (unpaired) electrons. The summed E-state index contributed by atoms with van der Waals surface area (Å²) in [6, 6.07) is 6.07. The first-order valence-corrected chi connectivity index (χ1v) is 6.18. The summed E-state index contributed by atoms with van der Waals surface area (Å²) in [5.74, 6) is 1.18. The number of carbonyl (C=O) groups is 1. The Morgan fingerprint density at radius 3 is 3.00 bits per heavy atom. The summed E-state index contributed by atoms with van der Waals surface area (Å²) in [5.41, 5.74) is 0.577. The molecule has 0 aliphatic carbocycles. The van der Waals surface area contributed by atoms with Crippen molar-refractivity contribution in [2.45, 2.75) is 18.9 Å². The van der Waals surface area contributed by atoms with E-state index in [2.05, 4.69) is 16.0 Å². The van der Waals surface area contributed by atoms with Crippen LogP contribution in [0.5, 0.6) is 0 Å². The van der Waals surface area contributed by atoms with Gasteiger partial charge in [0, 0.05) is 38.3 Å². The summed E-state index contributed by atoms with van der Waals surface area (Å²) in [7, 11) is 0. The van der Waals surface area contributed by atoms with Crippen molar-refractivity contribution in [2.75, 3.05) is 24.5 Å². The molecule has 0 aromatic carbocycles. The van der Waals surface area contributed by atoms with Gasteiger partial charge in [-0.15, -0.1) is 0 Å².